The molecule has 4 rings (SSSR count). The highest BCUT2D eigenvalue weighted by Gasteiger charge is 2.29. The van der Waals surface area contributed by atoms with Gasteiger partial charge in [0.15, 0.2) is 5.69 Å². The van der Waals surface area contributed by atoms with Crippen LogP contribution in [0.1, 0.15) is 46.2 Å². The summed E-state index contributed by atoms with van der Waals surface area (Å²) >= 11 is 0. The number of halogens is 1. The Morgan fingerprint density at radius 2 is 1.87 bits per heavy atom. The zero-order chi connectivity index (χ0) is 21.1. The van der Waals surface area contributed by atoms with Crippen LogP contribution >= 0.6 is 0 Å². The van der Waals surface area contributed by atoms with Gasteiger partial charge >= 0.3 is 5.97 Å². The second-order valence-corrected chi connectivity index (χ2v) is 7.23. The number of hydrogen-bond acceptors (Lipinski definition) is 4. The smallest absolute Gasteiger partial charge is 0.307 e. The van der Waals surface area contributed by atoms with E-state index in [0.717, 1.165) is 36.1 Å². The van der Waals surface area contributed by atoms with Crippen LogP contribution in [-0.4, -0.2) is 28.8 Å². The van der Waals surface area contributed by atoms with E-state index in [4.69, 9.17) is 4.74 Å². The maximum Gasteiger partial charge on any atom is 0.307 e. The average Bonchev–Trinajstić information content (AvgIpc) is 3.37. The third-order valence-corrected chi connectivity index (χ3v) is 5.32. The van der Waals surface area contributed by atoms with Crippen molar-refractivity contribution in [2.75, 3.05) is 7.11 Å². The first-order valence-corrected chi connectivity index (χ1v) is 9.86. The lowest BCUT2D eigenvalue weighted by Crippen LogP contribution is -2.31. The highest BCUT2D eigenvalue weighted by Crippen LogP contribution is 2.28. The number of fused-ring (bicyclic) bond motifs is 1. The Hall–Kier alpha value is -3.48. The van der Waals surface area contributed by atoms with Gasteiger partial charge in [-0.25, -0.2) is 9.07 Å². The van der Waals surface area contributed by atoms with Gasteiger partial charge in [0.25, 0.3) is 5.91 Å². The molecule has 2 aromatic carbocycles. The van der Waals surface area contributed by atoms with Gasteiger partial charge in [0.05, 0.1) is 25.3 Å². The SMILES string of the molecule is COC(=O)C[C@@H](NC(=O)c1nn(-c2ccc(F)cc2)c2c1CCC2)c1ccccc1. The molecule has 7 heteroatoms. The summed E-state index contributed by atoms with van der Waals surface area (Å²) in [5.41, 5.74) is 3.74. The fourth-order valence-electron chi connectivity index (χ4n) is 3.83. The first-order chi connectivity index (χ1) is 14.6. The van der Waals surface area contributed by atoms with Gasteiger partial charge in [-0.2, -0.15) is 5.10 Å². The zero-order valence-electron chi connectivity index (χ0n) is 16.6. The van der Waals surface area contributed by atoms with Crippen molar-refractivity contribution in [2.24, 2.45) is 0 Å². The van der Waals surface area contributed by atoms with Crippen molar-refractivity contribution in [1.82, 2.24) is 15.1 Å². The average molecular weight is 407 g/mol. The zero-order valence-corrected chi connectivity index (χ0v) is 16.6. The van der Waals surface area contributed by atoms with E-state index in [1.54, 1.807) is 16.8 Å². The molecular formula is C23H22FN3O3. The van der Waals surface area contributed by atoms with Crippen LogP contribution in [-0.2, 0) is 22.4 Å². The van der Waals surface area contributed by atoms with Crippen molar-refractivity contribution in [3.8, 4) is 5.69 Å². The van der Waals surface area contributed by atoms with E-state index < -0.39 is 12.0 Å². The third-order valence-electron chi connectivity index (χ3n) is 5.32. The van der Waals surface area contributed by atoms with Crippen LogP contribution in [0.2, 0.25) is 0 Å². The van der Waals surface area contributed by atoms with Crippen molar-refractivity contribution >= 4 is 11.9 Å². The number of methoxy groups -OCH3 is 1. The fourth-order valence-corrected chi connectivity index (χ4v) is 3.83. The van der Waals surface area contributed by atoms with Gasteiger partial charge in [-0.3, -0.25) is 9.59 Å². The second-order valence-electron chi connectivity index (χ2n) is 7.23. The highest BCUT2D eigenvalue weighted by molar-refractivity contribution is 5.95. The number of hydrogen-bond donors (Lipinski definition) is 1. The number of benzene rings is 2. The molecule has 154 valence electrons. The molecule has 0 aliphatic heterocycles. The molecule has 3 aromatic rings. The quantitative estimate of drug-likeness (QED) is 0.635. The van der Waals surface area contributed by atoms with E-state index in [1.165, 1.54) is 19.2 Å². The molecule has 1 aromatic heterocycles. The highest BCUT2D eigenvalue weighted by atomic mass is 19.1. The molecule has 1 aliphatic rings. The van der Waals surface area contributed by atoms with E-state index in [9.17, 15) is 14.0 Å². The minimum absolute atomic E-state index is 0.0209. The van der Waals surface area contributed by atoms with Gasteiger partial charge in [0.1, 0.15) is 5.82 Å². The Kier molecular flexibility index (Phi) is 5.61. The molecule has 0 saturated heterocycles. The standard InChI is InChI=1S/C23H22FN3O3/c1-30-21(28)14-19(15-6-3-2-4-7-15)25-23(29)22-18-8-5-9-20(18)27(26-22)17-12-10-16(24)11-13-17/h2-4,6-7,10-13,19H,5,8-9,14H2,1H3,(H,25,29)/t19-/m1/s1. The predicted molar refractivity (Wildman–Crippen MR) is 109 cm³/mol. The molecule has 0 spiro atoms. The number of rotatable bonds is 6. The van der Waals surface area contributed by atoms with Crippen molar-refractivity contribution in [3.63, 3.8) is 0 Å². The van der Waals surface area contributed by atoms with Crippen molar-refractivity contribution in [2.45, 2.75) is 31.7 Å². The topological polar surface area (TPSA) is 73.2 Å². The van der Waals surface area contributed by atoms with Crippen molar-refractivity contribution in [1.29, 1.82) is 0 Å². The van der Waals surface area contributed by atoms with Crippen LogP contribution in [0.4, 0.5) is 4.39 Å². The molecule has 0 saturated carbocycles. The minimum Gasteiger partial charge on any atom is -0.469 e. The molecule has 1 atom stereocenters. The first-order valence-electron chi connectivity index (χ1n) is 9.86. The molecular weight excluding hydrogens is 385 g/mol. The second kappa shape index (κ2) is 8.49. The van der Waals surface area contributed by atoms with Gasteiger partial charge in [-0.05, 0) is 49.1 Å². The third kappa shape index (κ3) is 3.96. The predicted octanol–water partition coefficient (Wildman–Crippen LogP) is 3.53. The number of carbonyl (C=O) groups is 2. The number of ether oxygens (including phenoxy) is 1. The normalized spacial score (nSPS) is 13.5. The number of carbonyl (C=O) groups excluding carboxylic acids is 2. The number of amides is 1. The number of nitrogens with one attached hydrogen (secondary N) is 1. The molecule has 0 bridgehead atoms. The van der Waals surface area contributed by atoms with Crippen LogP contribution in [0, 0.1) is 5.82 Å². The van der Waals surface area contributed by atoms with Crippen LogP contribution in [0.15, 0.2) is 54.6 Å². The fraction of sp³-hybridized carbons (Fsp3) is 0.261. The number of nitrogens with zero attached hydrogens (tertiary/aromatic N) is 2. The van der Waals surface area contributed by atoms with Crippen LogP contribution in [0.25, 0.3) is 5.69 Å². The summed E-state index contributed by atoms with van der Waals surface area (Å²) in [4.78, 5) is 25.1. The summed E-state index contributed by atoms with van der Waals surface area (Å²) in [6.07, 6.45) is 2.51. The lowest BCUT2D eigenvalue weighted by atomic mass is 10.0. The largest absolute Gasteiger partial charge is 0.469 e. The monoisotopic (exact) mass is 407 g/mol. The molecule has 0 unspecified atom stereocenters. The first kappa shape index (κ1) is 19.8. The van der Waals surface area contributed by atoms with Gasteiger partial charge in [-0.15, -0.1) is 0 Å². The van der Waals surface area contributed by atoms with Crippen LogP contribution in [0.3, 0.4) is 0 Å². The van der Waals surface area contributed by atoms with Gasteiger partial charge in [0.2, 0.25) is 0 Å². The van der Waals surface area contributed by atoms with Gasteiger partial charge < -0.3 is 10.1 Å². The minimum atomic E-state index is -0.529. The maximum absolute atomic E-state index is 13.3. The Balaban J connectivity index is 1.64. The Morgan fingerprint density at radius 1 is 1.13 bits per heavy atom. The van der Waals surface area contributed by atoms with E-state index >= 15 is 0 Å². The molecule has 0 fully saturated rings. The molecule has 1 heterocycles. The molecule has 0 radical (unpaired) electrons. The van der Waals surface area contributed by atoms with E-state index in [0.29, 0.717) is 11.4 Å². The summed E-state index contributed by atoms with van der Waals surface area (Å²) < 4.78 is 19.8. The van der Waals surface area contributed by atoms with Crippen molar-refractivity contribution < 1.29 is 18.7 Å². The molecule has 1 aliphatic carbocycles. The van der Waals surface area contributed by atoms with E-state index in [-0.39, 0.29) is 18.1 Å². The Labute approximate surface area is 173 Å². The summed E-state index contributed by atoms with van der Waals surface area (Å²) in [6, 6.07) is 14.8. The summed E-state index contributed by atoms with van der Waals surface area (Å²) in [5.74, 6) is -1.08. The lowest BCUT2D eigenvalue weighted by Gasteiger charge is -2.18. The number of aromatic nitrogens is 2. The Morgan fingerprint density at radius 3 is 2.57 bits per heavy atom. The summed E-state index contributed by atoms with van der Waals surface area (Å²) in [5, 5.41) is 7.49. The lowest BCUT2D eigenvalue weighted by molar-refractivity contribution is -0.141. The summed E-state index contributed by atoms with van der Waals surface area (Å²) in [7, 11) is 1.32. The molecule has 6 nitrogen and oxygen atoms in total. The van der Waals surface area contributed by atoms with Crippen LogP contribution in [0.5, 0.6) is 0 Å². The maximum atomic E-state index is 13.3. The van der Waals surface area contributed by atoms with Crippen LogP contribution < -0.4 is 5.32 Å². The molecule has 30 heavy (non-hydrogen) atoms. The molecule has 1 amide bonds. The summed E-state index contributed by atoms with van der Waals surface area (Å²) in [6.45, 7) is 0. The Bertz CT molecular complexity index is 1060. The number of esters is 1. The van der Waals surface area contributed by atoms with Crippen molar-refractivity contribution in [3.05, 3.63) is 82.9 Å². The van der Waals surface area contributed by atoms with E-state index in [1.807, 2.05) is 30.3 Å². The van der Waals surface area contributed by atoms with Gasteiger partial charge in [-0.1, -0.05) is 30.3 Å². The van der Waals surface area contributed by atoms with E-state index in [2.05, 4.69) is 10.4 Å². The van der Waals surface area contributed by atoms with Gasteiger partial charge in [0, 0.05) is 11.3 Å². The molecule has 1 N–H and O–H groups in total.